The topological polar surface area (TPSA) is 30.5 Å². The lowest BCUT2D eigenvalue weighted by atomic mass is 9.93. The molecule has 0 aliphatic carbocycles. The zero-order chi connectivity index (χ0) is 11.4. The van der Waals surface area contributed by atoms with Gasteiger partial charge in [-0.3, -0.25) is 0 Å². The van der Waals surface area contributed by atoms with Crippen LogP contribution in [0.4, 0.5) is 0 Å². The zero-order valence-electron chi connectivity index (χ0n) is 10.6. The standard InChI is InChI=1S/C13H25NO2/c1-13(2)8-12(5-7-16-13)14-9-11-4-3-6-15-10-11/h11-12,14H,3-10H2,1-2H3. The van der Waals surface area contributed by atoms with E-state index in [4.69, 9.17) is 9.47 Å². The van der Waals surface area contributed by atoms with Gasteiger partial charge in [0.2, 0.25) is 0 Å². The van der Waals surface area contributed by atoms with Gasteiger partial charge in [0.1, 0.15) is 0 Å². The van der Waals surface area contributed by atoms with E-state index in [1.54, 1.807) is 0 Å². The molecular weight excluding hydrogens is 202 g/mol. The molecule has 0 spiro atoms. The highest BCUT2D eigenvalue weighted by Crippen LogP contribution is 2.24. The smallest absolute Gasteiger partial charge is 0.0641 e. The molecule has 2 rings (SSSR count). The molecule has 16 heavy (non-hydrogen) atoms. The van der Waals surface area contributed by atoms with Crippen molar-refractivity contribution >= 4 is 0 Å². The summed E-state index contributed by atoms with van der Waals surface area (Å²) in [5.74, 6) is 0.722. The molecule has 0 amide bonds. The van der Waals surface area contributed by atoms with Crippen molar-refractivity contribution in [3.8, 4) is 0 Å². The van der Waals surface area contributed by atoms with E-state index >= 15 is 0 Å². The van der Waals surface area contributed by atoms with Gasteiger partial charge in [0.15, 0.2) is 0 Å². The minimum atomic E-state index is 0.0545. The molecule has 3 heteroatoms. The van der Waals surface area contributed by atoms with Crippen molar-refractivity contribution in [1.29, 1.82) is 0 Å². The average molecular weight is 227 g/mol. The number of nitrogens with one attached hydrogen (secondary N) is 1. The summed E-state index contributed by atoms with van der Waals surface area (Å²) in [6.45, 7) is 8.28. The van der Waals surface area contributed by atoms with E-state index in [9.17, 15) is 0 Å². The van der Waals surface area contributed by atoms with Crippen molar-refractivity contribution in [2.75, 3.05) is 26.4 Å². The van der Waals surface area contributed by atoms with E-state index < -0.39 is 0 Å². The van der Waals surface area contributed by atoms with E-state index in [2.05, 4.69) is 19.2 Å². The highest BCUT2D eigenvalue weighted by Gasteiger charge is 2.28. The number of hydrogen-bond donors (Lipinski definition) is 1. The Morgan fingerprint density at radius 1 is 1.25 bits per heavy atom. The molecule has 0 bridgehead atoms. The third-order valence-corrected chi connectivity index (χ3v) is 3.65. The van der Waals surface area contributed by atoms with E-state index in [1.807, 2.05) is 0 Å². The van der Waals surface area contributed by atoms with Crippen molar-refractivity contribution in [1.82, 2.24) is 5.32 Å². The van der Waals surface area contributed by atoms with Crippen LogP contribution in [0.15, 0.2) is 0 Å². The van der Waals surface area contributed by atoms with Gasteiger partial charge in [0.25, 0.3) is 0 Å². The molecule has 3 nitrogen and oxygen atoms in total. The first-order valence-electron chi connectivity index (χ1n) is 6.61. The van der Waals surface area contributed by atoms with Crippen molar-refractivity contribution in [2.24, 2.45) is 5.92 Å². The molecule has 94 valence electrons. The zero-order valence-corrected chi connectivity index (χ0v) is 10.6. The maximum atomic E-state index is 5.72. The van der Waals surface area contributed by atoms with Gasteiger partial charge in [-0.25, -0.2) is 0 Å². The Kier molecular flexibility index (Phi) is 4.22. The van der Waals surface area contributed by atoms with Gasteiger partial charge in [-0.2, -0.15) is 0 Å². The van der Waals surface area contributed by atoms with Crippen LogP contribution in [-0.4, -0.2) is 38.0 Å². The molecule has 2 atom stereocenters. The SMILES string of the molecule is CC1(C)CC(NCC2CCCOC2)CCO1. The van der Waals surface area contributed by atoms with Crippen LogP contribution in [0.25, 0.3) is 0 Å². The summed E-state index contributed by atoms with van der Waals surface area (Å²) in [6.07, 6.45) is 4.82. The fourth-order valence-electron chi connectivity index (χ4n) is 2.71. The van der Waals surface area contributed by atoms with Crippen LogP contribution in [0, 0.1) is 5.92 Å². The highest BCUT2D eigenvalue weighted by molar-refractivity contribution is 4.83. The Morgan fingerprint density at radius 3 is 2.81 bits per heavy atom. The molecule has 0 aromatic heterocycles. The van der Waals surface area contributed by atoms with Gasteiger partial charge in [-0.15, -0.1) is 0 Å². The number of ether oxygens (including phenoxy) is 2. The van der Waals surface area contributed by atoms with Crippen LogP contribution in [0.5, 0.6) is 0 Å². The summed E-state index contributed by atoms with van der Waals surface area (Å²) >= 11 is 0. The molecule has 2 aliphatic rings. The quantitative estimate of drug-likeness (QED) is 0.799. The van der Waals surface area contributed by atoms with E-state index in [-0.39, 0.29) is 5.60 Å². The Hall–Kier alpha value is -0.120. The van der Waals surface area contributed by atoms with Crippen molar-refractivity contribution in [2.45, 2.75) is 51.2 Å². The van der Waals surface area contributed by atoms with Crippen LogP contribution in [0.1, 0.15) is 39.5 Å². The Bertz CT molecular complexity index is 212. The predicted molar refractivity (Wildman–Crippen MR) is 64.6 cm³/mol. The second kappa shape index (κ2) is 5.48. The molecule has 0 saturated carbocycles. The van der Waals surface area contributed by atoms with Crippen molar-refractivity contribution in [3.63, 3.8) is 0 Å². The summed E-state index contributed by atoms with van der Waals surface area (Å²) in [5, 5.41) is 3.69. The summed E-state index contributed by atoms with van der Waals surface area (Å²) in [6, 6.07) is 0.630. The van der Waals surface area contributed by atoms with Crippen LogP contribution in [0.3, 0.4) is 0 Å². The molecule has 1 N–H and O–H groups in total. The van der Waals surface area contributed by atoms with Gasteiger partial charge >= 0.3 is 0 Å². The summed E-state index contributed by atoms with van der Waals surface area (Å²) in [4.78, 5) is 0. The Balaban J connectivity index is 1.68. The minimum Gasteiger partial charge on any atom is -0.381 e. The lowest BCUT2D eigenvalue weighted by Gasteiger charge is -2.36. The molecule has 2 aliphatic heterocycles. The van der Waals surface area contributed by atoms with E-state index in [0.29, 0.717) is 6.04 Å². The molecule has 0 radical (unpaired) electrons. The van der Waals surface area contributed by atoms with Gasteiger partial charge in [-0.05, 0) is 45.4 Å². The lowest BCUT2D eigenvalue weighted by Crippen LogP contribution is -2.45. The summed E-state index contributed by atoms with van der Waals surface area (Å²) < 4.78 is 11.2. The minimum absolute atomic E-state index is 0.0545. The monoisotopic (exact) mass is 227 g/mol. The van der Waals surface area contributed by atoms with Crippen LogP contribution in [0.2, 0.25) is 0 Å². The molecule has 2 saturated heterocycles. The molecule has 2 heterocycles. The van der Waals surface area contributed by atoms with Crippen LogP contribution in [-0.2, 0) is 9.47 Å². The fourth-order valence-corrected chi connectivity index (χ4v) is 2.71. The maximum absolute atomic E-state index is 5.72. The first-order chi connectivity index (χ1) is 7.66. The van der Waals surface area contributed by atoms with Gasteiger partial charge in [-0.1, -0.05) is 0 Å². The van der Waals surface area contributed by atoms with Crippen LogP contribution < -0.4 is 5.32 Å². The van der Waals surface area contributed by atoms with E-state index in [1.165, 1.54) is 12.8 Å². The second-order valence-corrected chi connectivity index (χ2v) is 5.79. The molecular formula is C13H25NO2. The van der Waals surface area contributed by atoms with Crippen LogP contribution >= 0.6 is 0 Å². The molecule has 2 fully saturated rings. The Morgan fingerprint density at radius 2 is 2.12 bits per heavy atom. The third kappa shape index (κ3) is 3.72. The van der Waals surface area contributed by atoms with Gasteiger partial charge in [0, 0.05) is 25.8 Å². The molecule has 0 aromatic rings. The van der Waals surface area contributed by atoms with Gasteiger partial charge < -0.3 is 14.8 Å². The number of rotatable bonds is 3. The first-order valence-corrected chi connectivity index (χ1v) is 6.61. The second-order valence-electron chi connectivity index (χ2n) is 5.79. The summed E-state index contributed by atoms with van der Waals surface area (Å²) in [5.41, 5.74) is 0.0545. The fraction of sp³-hybridized carbons (Fsp3) is 1.00. The summed E-state index contributed by atoms with van der Waals surface area (Å²) in [7, 11) is 0. The Labute approximate surface area is 98.9 Å². The lowest BCUT2D eigenvalue weighted by molar-refractivity contribution is -0.0639. The molecule has 2 unspecified atom stereocenters. The molecule has 0 aromatic carbocycles. The third-order valence-electron chi connectivity index (χ3n) is 3.65. The predicted octanol–water partition coefficient (Wildman–Crippen LogP) is 1.96. The van der Waals surface area contributed by atoms with Crippen molar-refractivity contribution in [3.05, 3.63) is 0 Å². The van der Waals surface area contributed by atoms with E-state index in [0.717, 1.165) is 45.1 Å². The number of hydrogen-bond acceptors (Lipinski definition) is 3. The average Bonchev–Trinajstić information content (AvgIpc) is 2.27. The highest BCUT2D eigenvalue weighted by atomic mass is 16.5. The maximum Gasteiger partial charge on any atom is 0.0641 e. The normalized spacial score (nSPS) is 34.9. The first kappa shape index (κ1) is 12.3. The van der Waals surface area contributed by atoms with Gasteiger partial charge in [0.05, 0.1) is 12.2 Å². The van der Waals surface area contributed by atoms with Crippen molar-refractivity contribution < 1.29 is 9.47 Å². The largest absolute Gasteiger partial charge is 0.381 e.